The van der Waals surface area contributed by atoms with Crippen LogP contribution in [0.1, 0.15) is 31.7 Å². The van der Waals surface area contributed by atoms with Gasteiger partial charge in [0.25, 0.3) is 0 Å². The number of hydrogen-bond acceptors (Lipinski definition) is 3. The first-order valence-electron chi connectivity index (χ1n) is 6.38. The van der Waals surface area contributed by atoms with E-state index in [0.717, 1.165) is 24.5 Å². The number of anilines is 1. The van der Waals surface area contributed by atoms with Crippen molar-refractivity contribution in [1.82, 2.24) is 5.01 Å². The molecule has 0 radical (unpaired) electrons. The van der Waals surface area contributed by atoms with Crippen LogP contribution < -0.4 is 5.32 Å². The van der Waals surface area contributed by atoms with Crippen LogP contribution in [0.4, 0.5) is 5.69 Å². The van der Waals surface area contributed by atoms with Gasteiger partial charge in [0.1, 0.15) is 0 Å². The van der Waals surface area contributed by atoms with E-state index in [-0.39, 0.29) is 0 Å². The molecule has 1 saturated heterocycles. The van der Waals surface area contributed by atoms with Crippen LogP contribution in [-0.2, 0) is 0 Å². The van der Waals surface area contributed by atoms with Crippen LogP contribution in [0.2, 0.25) is 0 Å². The zero-order chi connectivity index (χ0) is 12.1. The maximum absolute atomic E-state index is 4.72. The highest BCUT2D eigenvalue weighted by Crippen LogP contribution is 2.17. The Morgan fingerprint density at radius 2 is 1.88 bits per heavy atom. The molecule has 0 atom stereocenters. The van der Waals surface area contributed by atoms with Gasteiger partial charge in [0, 0.05) is 31.4 Å². The molecule has 1 fully saturated rings. The Morgan fingerprint density at radius 1 is 1.18 bits per heavy atom. The van der Waals surface area contributed by atoms with Gasteiger partial charge in [-0.2, -0.15) is 5.10 Å². The number of hydrazone groups is 1. The summed E-state index contributed by atoms with van der Waals surface area (Å²) in [5, 5.41) is 10.1. The molecule has 0 unspecified atom stereocenters. The first-order chi connectivity index (χ1) is 8.31. The van der Waals surface area contributed by atoms with E-state index < -0.39 is 0 Å². The lowest BCUT2D eigenvalue weighted by molar-refractivity contribution is 0.239. The van der Waals surface area contributed by atoms with Crippen molar-refractivity contribution in [2.45, 2.75) is 26.2 Å². The van der Waals surface area contributed by atoms with E-state index in [2.05, 4.69) is 35.4 Å². The van der Waals surface area contributed by atoms with Crippen molar-refractivity contribution >= 4 is 11.4 Å². The first-order valence-corrected chi connectivity index (χ1v) is 6.38. The quantitative estimate of drug-likeness (QED) is 0.810. The molecule has 1 aromatic rings. The van der Waals surface area contributed by atoms with Gasteiger partial charge in [0.15, 0.2) is 0 Å². The average Bonchev–Trinajstić information content (AvgIpc) is 2.40. The number of piperidine rings is 1. The molecule has 1 heterocycles. The van der Waals surface area contributed by atoms with E-state index in [1.807, 2.05) is 13.1 Å². The van der Waals surface area contributed by atoms with Crippen LogP contribution in [0.3, 0.4) is 0 Å². The Morgan fingerprint density at radius 3 is 2.59 bits per heavy atom. The second-order valence-electron chi connectivity index (χ2n) is 4.50. The minimum atomic E-state index is 1.09. The predicted octanol–water partition coefficient (Wildman–Crippen LogP) is 2.94. The summed E-state index contributed by atoms with van der Waals surface area (Å²) >= 11 is 0. The summed E-state index contributed by atoms with van der Waals surface area (Å²) in [5.41, 5.74) is 3.43. The molecule has 0 bridgehead atoms. The fraction of sp³-hybridized carbons (Fsp3) is 0.500. The van der Waals surface area contributed by atoms with Gasteiger partial charge in [0.2, 0.25) is 0 Å². The molecule has 17 heavy (non-hydrogen) atoms. The van der Waals surface area contributed by atoms with Crippen molar-refractivity contribution in [3.63, 3.8) is 0 Å². The molecule has 0 aliphatic carbocycles. The van der Waals surface area contributed by atoms with Crippen molar-refractivity contribution in [3.05, 3.63) is 29.8 Å². The van der Waals surface area contributed by atoms with E-state index >= 15 is 0 Å². The normalized spacial score (nSPS) is 17.1. The van der Waals surface area contributed by atoms with Crippen molar-refractivity contribution in [3.8, 4) is 0 Å². The molecule has 0 aromatic heterocycles. The predicted molar refractivity (Wildman–Crippen MR) is 73.6 cm³/mol. The zero-order valence-electron chi connectivity index (χ0n) is 10.7. The summed E-state index contributed by atoms with van der Waals surface area (Å²) in [4.78, 5) is 0. The second kappa shape index (κ2) is 5.71. The van der Waals surface area contributed by atoms with E-state index in [4.69, 9.17) is 5.10 Å². The van der Waals surface area contributed by atoms with E-state index in [0.29, 0.717) is 0 Å². The largest absolute Gasteiger partial charge is 0.388 e. The standard InChI is InChI=1S/C14H21N3/c1-12(16-17-10-6-3-7-11-17)13-8-4-5-9-14(13)15-2/h4-5,8-9,15H,3,6-7,10-11H2,1-2H3/b16-12+. The van der Waals surface area contributed by atoms with E-state index in [1.54, 1.807) is 0 Å². The Kier molecular flexibility index (Phi) is 4.02. The van der Waals surface area contributed by atoms with Gasteiger partial charge < -0.3 is 5.32 Å². The van der Waals surface area contributed by atoms with Crippen molar-refractivity contribution in [1.29, 1.82) is 0 Å². The number of nitrogens with zero attached hydrogens (tertiary/aromatic N) is 2. The van der Waals surface area contributed by atoms with Crippen LogP contribution >= 0.6 is 0 Å². The third-order valence-corrected chi connectivity index (χ3v) is 3.21. The molecular formula is C14H21N3. The highest BCUT2D eigenvalue weighted by atomic mass is 15.4. The maximum Gasteiger partial charge on any atom is 0.0667 e. The monoisotopic (exact) mass is 231 g/mol. The summed E-state index contributed by atoms with van der Waals surface area (Å²) in [6.45, 7) is 4.28. The number of nitrogens with one attached hydrogen (secondary N) is 1. The van der Waals surface area contributed by atoms with Gasteiger partial charge in [0.05, 0.1) is 5.71 Å². The van der Waals surface area contributed by atoms with Gasteiger partial charge in [-0.1, -0.05) is 18.2 Å². The molecule has 0 amide bonds. The second-order valence-corrected chi connectivity index (χ2v) is 4.50. The fourth-order valence-electron chi connectivity index (χ4n) is 2.26. The molecule has 3 nitrogen and oxygen atoms in total. The summed E-state index contributed by atoms with van der Waals surface area (Å²) in [7, 11) is 1.95. The molecule has 92 valence electrons. The smallest absolute Gasteiger partial charge is 0.0667 e. The summed E-state index contributed by atoms with van der Waals surface area (Å²) in [6, 6.07) is 8.31. The number of rotatable bonds is 3. The first kappa shape index (κ1) is 12.0. The summed E-state index contributed by atoms with van der Waals surface area (Å²) < 4.78 is 0. The Labute approximate surface area is 104 Å². The molecule has 2 rings (SSSR count). The lowest BCUT2D eigenvalue weighted by Gasteiger charge is -2.24. The molecule has 1 aromatic carbocycles. The van der Waals surface area contributed by atoms with Gasteiger partial charge in [-0.25, -0.2) is 0 Å². The molecule has 1 aliphatic rings. The third-order valence-electron chi connectivity index (χ3n) is 3.21. The highest BCUT2D eigenvalue weighted by molar-refractivity contribution is 6.03. The number of benzene rings is 1. The van der Waals surface area contributed by atoms with Crippen molar-refractivity contribution < 1.29 is 0 Å². The summed E-state index contributed by atoms with van der Waals surface area (Å²) in [6.07, 6.45) is 3.88. The van der Waals surface area contributed by atoms with E-state index in [1.165, 1.54) is 24.8 Å². The Hall–Kier alpha value is -1.51. The zero-order valence-corrected chi connectivity index (χ0v) is 10.7. The molecular weight excluding hydrogens is 210 g/mol. The SMILES string of the molecule is CNc1ccccc1/C(C)=N/N1CCCCC1. The lowest BCUT2D eigenvalue weighted by Crippen LogP contribution is -2.25. The van der Waals surface area contributed by atoms with Gasteiger partial charge >= 0.3 is 0 Å². The van der Waals surface area contributed by atoms with Crippen LogP contribution in [-0.4, -0.2) is 30.9 Å². The Balaban J connectivity index is 2.17. The maximum atomic E-state index is 4.72. The minimum Gasteiger partial charge on any atom is -0.388 e. The van der Waals surface area contributed by atoms with Gasteiger partial charge in [-0.05, 0) is 32.3 Å². The van der Waals surface area contributed by atoms with Crippen LogP contribution in [0.5, 0.6) is 0 Å². The van der Waals surface area contributed by atoms with Crippen LogP contribution in [0.15, 0.2) is 29.4 Å². The highest BCUT2D eigenvalue weighted by Gasteiger charge is 2.09. The molecule has 3 heteroatoms. The Bertz CT molecular complexity index is 392. The summed E-state index contributed by atoms with van der Waals surface area (Å²) in [5.74, 6) is 0. The fourth-order valence-corrected chi connectivity index (χ4v) is 2.26. The van der Waals surface area contributed by atoms with Crippen molar-refractivity contribution in [2.24, 2.45) is 5.10 Å². The van der Waals surface area contributed by atoms with Crippen LogP contribution in [0, 0.1) is 0 Å². The molecule has 0 spiro atoms. The van der Waals surface area contributed by atoms with E-state index in [9.17, 15) is 0 Å². The molecule has 0 saturated carbocycles. The number of para-hydroxylation sites is 1. The molecule has 1 N–H and O–H groups in total. The number of hydrogen-bond donors (Lipinski definition) is 1. The minimum absolute atomic E-state index is 1.09. The average molecular weight is 231 g/mol. The topological polar surface area (TPSA) is 27.6 Å². The molecule has 1 aliphatic heterocycles. The van der Waals surface area contributed by atoms with Crippen LogP contribution in [0.25, 0.3) is 0 Å². The van der Waals surface area contributed by atoms with Gasteiger partial charge in [-0.3, -0.25) is 5.01 Å². The lowest BCUT2D eigenvalue weighted by atomic mass is 10.1. The van der Waals surface area contributed by atoms with Gasteiger partial charge in [-0.15, -0.1) is 0 Å². The van der Waals surface area contributed by atoms with Crippen molar-refractivity contribution in [2.75, 3.05) is 25.5 Å². The third kappa shape index (κ3) is 2.99.